The van der Waals surface area contributed by atoms with E-state index in [4.69, 9.17) is 11.6 Å². The van der Waals surface area contributed by atoms with Crippen LogP contribution in [0.4, 0.5) is 5.69 Å². The molecule has 0 saturated carbocycles. The smallest absolute Gasteiger partial charge is 0.0873 e. The summed E-state index contributed by atoms with van der Waals surface area (Å²) in [4.78, 5) is 0. The number of hydrogen-bond acceptors (Lipinski definition) is 3. The van der Waals surface area contributed by atoms with Crippen molar-refractivity contribution in [3.8, 4) is 0 Å². The highest BCUT2D eigenvalue weighted by molar-refractivity contribution is 6.30. The number of fused-ring (bicyclic) bond motifs is 1. The fourth-order valence-corrected chi connectivity index (χ4v) is 2.82. The van der Waals surface area contributed by atoms with Crippen LogP contribution < -0.4 is 5.32 Å². The lowest BCUT2D eigenvalue weighted by Crippen LogP contribution is -2.36. The topological polar surface area (TPSA) is 35.5 Å². The molecule has 2 aromatic rings. The van der Waals surface area contributed by atoms with Gasteiger partial charge in [-0.25, -0.2) is 0 Å². The van der Waals surface area contributed by atoms with Crippen molar-refractivity contribution in [3.63, 3.8) is 0 Å². The molecule has 104 valence electrons. The molecule has 3 nitrogen and oxygen atoms in total. The number of anilines is 1. The van der Waals surface area contributed by atoms with Crippen LogP contribution in [0.2, 0.25) is 5.02 Å². The summed E-state index contributed by atoms with van der Waals surface area (Å²) in [5.41, 5.74) is 3.07. The number of hydrogen-bond donors (Lipinski definition) is 2. The average Bonchev–Trinajstić information content (AvgIpc) is 2.58. The van der Waals surface area contributed by atoms with Crippen molar-refractivity contribution in [2.45, 2.75) is 19.0 Å². The van der Waals surface area contributed by atoms with Gasteiger partial charge >= 0.3 is 0 Å². The number of nitrogens with one attached hydrogen (secondary N) is 1. The molecule has 0 spiro atoms. The van der Waals surface area contributed by atoms with Gasteiger partial charge in [-0.3, -0.25) is 0 Å². The Morgan fingerprint density at radius 3 is 2.70 bits per heavy atom. The maximum Gasteiger partial charge on any atom is 0.0873 e. The number of halogens is 1. The standard InChI is InChI=1S/C16H17ClN2O/c1-11-10-18-15-8-7-13(17)9-14(15)16(19(11)20)12-5-3-2-4-6-12/h2-9,11,16,18,20H,10H2,1H3. The Labute approximate surface area is 123 Å². The molecular formula is C16H17ClN2O. The fourth-order valence-electron chi connectivity index (χ4n) is 2.64. The molecule has 1 heterocycles. The summed E-state index contributed by atoms with van der Waals surface area (Å²) in [6, 6.07) is 15.5. The van der Waals surface area contributed by atoms with Crippen molar-refractivity contribution in [1.29, 1.82) is 0 Å². The predicted molar refractivity (Wildman–Crippen MR) is 81.3 cm³/mol. The second-order valence-corrected chi connectivity index (χ2v) is 5.59. The molecular weight excluding hydrogens is 272 g/mol. The third-order valence-electron chi connectivity index (χ3n) is 3.73. The quantitative estimate of drug-likeness (QED) is 0.834. The normalized spacial score (nSPS) is 22.8. The molecule has 0 aliphatic carbocycles. The molecule has 0 amide bonds. The van der Waals surface area contributed by atoms with Crippen LogP contribution in [0.3, 0.4) is 0 Å². The minimum atomic E-state index is -0.213. The lowest BCUT2D eigenvalue weighted by Gasteiger charge is -2.29. The minimum Gasteiger partial charge on any atom is -0.383 e. The van der Waals surface area contributed by atoms with Gasteiger partial charge in [0.2, 0.25) is 0 Å². The third-order valence-corrected chi connectivity index (χ3v) is 3.96. The molecule has 0 bridgehead atoms. The van der Waals surface area contributed by atoms with Crippen molar-refractivity contribution in [3.05, 3.63) is 64.7 Å². The lowest BCUT2D eigenvalue weighted by atomic mass is 9.97. The Morgan fingerprint density at radius 1 is 1.20 bits per heavy atom. The highest BCUT2D eigenvalue weighted by Crippen LogP contribution is 2.37. The van der Waals surface area contributed by atoms with Gasteiger partial charge in [0.1, 0.15) is 0 Å². The third kappa shape index (κ3) is 2.40. The van der Waals surface area contributed by atoms with E-state index in [-0.39, 0.29) is 12.1 Å². The Hall–Kier alpha value is -1.55. The number of rotatable bonds is 1. The summed E-state index contributed by atoms with van der Waals surface area (Å²) in [5.74, 6) is 0. The summed E-state index contributed by atoms with van der Waals surface area (Å²) in [6.45, 7) is 2.69. The molecule has 0 fully saturated rings. The van der Waals surface area contributed by atoms with E-state index in [1.807, 2.05) is 55.5 Å². The zero-order chi connectivity index (χ0) is 14.1. The average molecular weight is 289 g/mol. The molecule has 2 atom stereocenters. The van der Waals surface area contributed by atoms with Crippen LogP contribution in [0.15, 0.2) is 48.5 Å². The molecule has 1 aliphatic heterocycles. The summed E-state index contributed by atoms with van der Waals surface area (Å²) < 4.78 is 0. The zero-order valence-electron chi connectivity index (χ0n) is 11.3. The van der Waals surface area contributed by atoms with Crippen molar-refractivity contribution < 1.29 is 5.21 Å². The largest absolute Gasteiger partial charge is 0.383 e. The van der Waals surface area contributed by atoms with E-state index in [9.17, 15) is 5.21 Å². The number of benzene rings is 2. The monoisotopic (exact) mass is 288 g/mol. The molecule has 1 aliphatic rings. The maximum atomic E-state index is 10.6. The van der Waals surface area contributed by atoms with Crippen molar-refractivity contribution in [2.24, 2.45) is 0 Å². The highest BCUT2D eigenvalue weighted by Gasteiger charge is 2.30. The minimum absolute atomic E-state index is 0.00591. The number of hydroxylamine groups is 2. The van der Waals surface area contributed by atoms with Crippen LogP contribution >= 0.6 is 11.6 Å². The van der Waals surface area contributed by atoms with Crippen molar-refractivity contribution in [1.82, 2.24) is 5.06 Å². The first-order chi connectivity index (χ1) is 9.66. The van der Waals surface area contributed by atoms with E-state index in [1.54, 1.807) is 0 Å². The van der Waals surface area contributed by atoms with E-state index in [2.05, 4.69) is 5.32 Å². The van der Waals surface area contributed by atoms with Crippen LogP contribution in [0.1, 0.15) is 24.1 Å². The Balaban J connectivity index is 2.16. The molecule has 2 aromatic carbocycles. The van der Waals surface area contributed by atoms with E-state index in [1.165, 1.54) is 5.06 Å². The lowest BCUT2D eigenvalue weighted by molar-refractivity contribution is -0.141. The van der Waals surface area contributed by atoms with Gasteiger partial charge in [-0.05, 0) is 30.7 Å². The highest BCUT2D eigenvalue weighted by atomic mass is 35.5. The molecule has 4 heteroatoms. The summed E-state index contributed by atoms with van der Waals surface area (Å²) in [7, 11) is 0. The Bertz CT molecular complexity index is 603. The molecule has 0 radical (unpaired) electrons. The van der Waals surface area contributed by atoms with E-state index in [0.29, 0.717) is 11.6 Å². The second kappa shape index (κ2) is 5.44. The van der Waals surface area contributed by atoms with E-state index in [0.717, 1.165) is 16.8 Å². The first-order valence-corrected chi connectivity index (χ1v) is 7.10. The van der Waals surface area contributed by atoms with Crippen LogP contribution in [0, 0.1) is 0 Å². The number of nitrogens with zero attached hydrogens (tertiary/aromatic N) is 1. The van der Waals surface area contributed by atoms with Gasteiger partial charge in [0.25, 0.3) is 0 Å². The molecule has 0 saturated heterocycles. The summed E-state index contributed by atoms with van der Waals surface area (Å²) in [5, 5.41) is 16.0. The Morgan fingerprint density at radius 2 is 1.95 bits per heavy atom. The fraction of sp³-hybridized carbons (Fsp3) is 0.250. The summed E-state index contributed by atoms with van der Waals surface area (Å²) in [6.07, 6.45) is 0. The molecule has 20 heavy (non-hydrogen) atoms. The van der Waals surface area contributed by atoms with Gasteiger partial charge < -0.3 is 10.5 Å². The Kier molecular flexibility index (Phi) is 3.66. The predicted octanol–water partition coefficient (Wildman–Crippen LogP) is 3.93. The van der Waals surface area contributed by atoms with Gasteiger partial charge in [0.05, 0.1) is 12.1 Å². The van der Waals surface area contributed by atoms with Gasteiger partial charge in [-0.1, -0.05) is 41.9 Å². The maximum absolute atomic E-state index is 10.6. The molecule has 0 aromatic heterocycles. The van der Waals surface area contributed by atoms with Crippen LogP contribution in [-0.4, -0.2) is 22.9 Å². The van der Waals surface area contributed by atoms with Gasteiger partial charge in [-0.15, -0.1) is 0 Å². The molecule has 3 rings (SSSR count). The van der Waals surface area contributed by atoms with Crippen LogP contribution in [-0.2, 0) is 0 Å². The SMILES string of the molecule is CC1CNc2ccc(Cl)cc2C(c2ccccc2)N1O. The van der Waals surface area contributed by atoms with Crippen molar-refractivity contribution >= 4 is 17.3 Å². The van der Waals surface area contributed by atoms with E-state index < -0.39 is 0 Å². The molecule has 2 N–H and O–H groups in total. The van der Waals surface area contributed by atoms with E-state index >= 15 is 0 Å². The second-order valence-electron chi connectivity index (χ2n) is 5.15. The van der Waals surface area contributed by atoms with Gasteiger partial charge in [-0.2, -0.15) is 5.06 Å². The first kappa shape index (κ1) is 13.4. The van der Waals surface area contributed by atoms with Crippen LogP contribution in [0.5, 0.6) is 0 Å². The van der Waals surface area contributed by atoms with Crippen molar-refractivity contribution in [2.75, 3.05) is 11.9 Å². The van der Waals surface area contributed by atoms with Gasteiger partial charge in [0, 0.05) is 22.8 Å². The zero-order valence-corrected chi connectivity index (χ0v) is 12.0. The van der Waals surface area contributed by atoms with Crippen LogP contribution in [0.25, 0.3) is 0 Å². The first-order valence-electron chi connectivity index (χ1n) is 6.72. The summed E-state index contributed by atoms with van der Waals surface area (Å²) >= 11 is 6.14. The molecule has 2 unspecified atom stereocenters. The van der Waals surface area contributed by atoms with Gasteiger partial charge in [0.15, 0.2) is 0 Å².